The number of ether oxygens (including phenoxy) is 3. The molecule has 3 aromatic carbocycles. The highest BCUT2D eigenvalue weighted by molar-refractivity contribution is 7.22. The molecule has 0 spiro atoms. The summed E-state index contributed by atoms with van der Waals surface area (Å²) in [6, 6.07) is 16.8. The Bertz CT molecular complexity index is 1550. The highest BCUT2D eigenvalue weighted by atomic mass is 32.1. The fraction of sp³-hybridized carbons (Fsp3) is 0.179. The van der Waals surface area contributed by atoms with Crippen LogP contribution < -0.4 is 19.1 Å². The first kappa shape index (κ1) is 24.3. The van der Waals surface area contributed by atoms with Gasteiger partial charge in [-0.2, -0.15) is 0 Å². The molecule has 0 bridgehead atoms. The van der Waals surface area contributed by atoms with E-state index in [1.54, 1.807) is 42.5 Å². The van der Waals surface area contributed by atoms with Gasteiger partial charge in [-0.15, -0.1) is 0 Å². The summed E-state index contributed by atoms with van der Waals surface area (Å²) in [5.74, 6) is -0.906. The standard InChI is InChI=1S/C28H24N2O6S/c1-15-11-12-18-21(13-15)37-28(29-18)30-24(16-7-5-8-17(14-16)34-2)23(26(32)27(30)33)25(31)22-19(35-3)9-6-10-20(22)36-4/h5-14,24,31H,1-4H3/b25-23+. The molecule has 1 unspecified atom stereocenters. The number of carbonyl (C=O) groups is 2. The van der Waals surface area contributed by atoms with Crippen molar-refractivity contribution in [1.82, 2.24) is 4.98 Å². The predicted molar refractivity (Wildman–Crippen MR) is 142 cm³/mol. The van der Waals surface area contributed by atoms with Gasteiger partial charge in [-0.25, -0.2) is 4.98 Å². The number of fused-ring (bicyclic) bond motifs is 1. The smallest absolute Gasteiger partial charge is 0.301 e. The summed E-state index contributed by atoms with van der Waals surface area (Å²) in [6.07, 6.45) is 0. The number of ketones is 1. The molecule has 1 aliphatic rings. The molecule has 1 saturated heterocycles. The number of benzene rings is 3. The molecule has 0 saturated carbocycles. The fourth-order valence-electron chi connectivity index (χ4n) is 4.50. The molecule has 5 rings (SSSR count). The van der Waals surface area contributed by atoms with Crippen molar-refractivity contribution in [2.24, 2.45) is 0 Å². The average molecular weight is 517 g/mol. The number of rotatable bonds is 6. The monoisotopic (exact) mass is 516 g/mol. The van der Waals surface area contributed by atoms with E-state index in [1.807, 2.05) is 25.1 Å². The molecular formula is C28H24N2O6S. The highest BCUT2D eigenvalue weighted by Crippen LogP contribution is 2.47. The number of anilines is 1. The predicted octanol–water partition coefficient (Wildman–Crippen LogP) is 5.26. The number of aryl methyl sites for hydroxylation is 1. The van der Waals surface area contributed by atoms with Crippen molar-refractivity contribution in [3.8, 4) is 17.2 Å². The average Bonchev–Trinajstić information content (AvgIpc) is 3.45. The number of hydrogen-bond donors (Lipinski definition) is 1. The van der Waals surface area contributed by atoms with Gasteiger partial charge in [0, 0.05) is 0 Å². The number of Topliss-reactive ketones (excluding diaryl/α,β-unsaturated/α-hetero) is 1. The van der Waals surface area contributed by atoms with E-state index in [-0.39, 0.29) is 11.1 Å². The summed E-state index contributed by atoms with van der Waals surface area (Å²) < 4.78 is 17.2. The SMILES string of the molecule is COc1cccc(C2/C(=C(\O)c3c(OC)cccc3OC)C(=O)C(=O)N2c2nc3ccc(C)cc3s2)c1. The molecule has 9 heteroatoms. The Morgan fingerprint density at radius 1 is 0.946 bits per heavy atom. The molecule has 188 valence electrons. The van der Waals surface area contributed by atoms with Crippen LogP contribution in [0.4, 0.5) is 5.13 Å². The molecule has 0 radical (unpaired) electrons. The molecule has 1 amide bonds. The van der Waals surface area contributed by atoms with Crippen LogP contribution in [-0.4, -0.2) is 43.1 Å². The van der Waals surface area contributed by atoms with Crippen LogP contribution in [0.25, 0.3) is 16.0 Å². The summed E-state index contributed by atoms with van der Waals surface area (Å²) >= 11 is 1.30. The molecule has 4 aromatic rings. The minimum Gasteiger partial charge on any atom is -0.506 e. The van der Waals surface area contributed by atoms with Gasteiger partial charge in [-0.05, 0) is 54.4 Å². The first-order valence-corrected chi connectivity index (χ1v) is 12.2. The Balaban J connectivity index is 1.79. The van der Waals surface area contributed by atoms with E-state index in [0.29, 0.717) is 33.5 Å². The summed E-state index contributed by atoms with van der Waals surface area (Å²) in [5, 5.41) is 12.0. The molecule has 1 N–H and O–H groups in total. The van der Waals surface area contributed by atoms with E-state index in [9.17, 15) is 14.7 Å². The maximum atomic E-state index is 13.6. The molecule has 2 heterocycles. The van der Waals surface area contributed by atoms with E-state index in [1.165, 1.54) is 37.6 Å². The zero-order valence-electron chi connectivity index (χ0n) is 20.6. The van der Waals surface area contributed by atoms with Crippen molar-refractivity contribution in [3.05, 3.63) is 82.9 Å². The molecule has 37 heavy (non-hydrogen) atoms. The molecule has 0 aliphatic carbocycles. The molecule has 1 aromatic heterocycles. The number of methoxy groups -OCH3 is 3. The third kappa shape index (κ3) is 4.07. The Kier molecular flexibility index (Phi) is 6.31. The maximum absolute atomic E-state index is 13.6. The van der Waals surface area contributed by atoms with Gasteiger partial charge in [-0.1, -0.05) is 35.6 Å². The largest absolute Gasteiger partial charge is 0.506 e. The van der Waals surface area contributed by atoms with E-state index in [2.05, 4.69) is 4.98 Å². The Hall–Kier alpha value is -4.37. The van der Waals surface area contributed by atoms with Crippen molar-refractivity contribution in [1.29, 1.82) is 0 Å². The van der Waals surface area contributed by atoms with Gasteiger partial charge in [0.05, 0.1) is 43.2 Å². The molecular weight excluding hydrogens is 492 g/mol. The zero-order valence-corrected chi connectivity index (χ0v) is 21.5. The van der Waals surface area contributed by atoms with Crippen LogP contribution in [0.1, 0.15) is 22.7 Å². The van der Waals surface area contributed by atoms with E-state index >= 15 is 0 Å². The summed E-state index contributed by atoms with van der Waals surface area (Å²) in [4.78, 5) is 33.1. The fourth-order valence-corrected chi connectivity index (χ4v) is 5.59. The topological polar surface area (TPSA) is 98.2 Å². The highest BCUT2D eigenvalue weighted by Gasteiger charge is 2.48. The lowest BCUT2D eigenvalue weighted by Gasteiger charge is -2.23. The molecule has 1 atom stereocenters. The normalized spacial score (nSPS) is 16.9. The lowest BCUT2D eigenvalue weighted by Crippen LogP contribution is -2.29. The second-order valence-electron chi connectivity index (χ2n) is 8.45. The Morgan fingerprint density at radius 3 is 2.32 bits per heavy atom. The lowest BCUT2D eigenvalue weighted by molar-refractivity contribution is -0.132. The van der Waals surface area contributed by atoms with Crippen LogP contribution in [0.2, 0.25) is 0 Å². The number of thiazole rings is 1. The molecule has 1 fully saturated rings. The van der Waals surface area contributed by atoms with Crippen LogP contribution in [0.3, 0.4) is 0 Å². The summed E-state index contributed by atoms with van der Waals surface area (Å²) in [5.41, 5.74) is 2.42. The second-order valence-corrected chi connectivity index (χ2v) is 9.46. The first-order chi connectivity index (χ1) is 17.9. The van der Waals surface area contributed by atoms with Gasteiger partial charge in [0.2, 0.25) is 0 Å². The van der Waals surface area contributed by atoms with E-state index in [4.69, 9.17) is 14.2 Å². The number of carbonyl (C=O) groups excluding carboxylic acids is 2. The number of amides is 1. The summed E-state index contributed by atoms with van der Waals surface area (Å²) in [7, 11) is 4.44. The van der Waals surface area contributed by atoms with Crippen LogP contribution in [0.5, 0.6) is 17.2 Å². The van der Waals surface area contributed by atoms with Gasteiger partial charge < -0.3 is 19.3 Å². The van der Waals surface area contributed by atoms with Crippen LogP contribution in [0, 0.1) is 6.92 Å². The maximum Gasteiger partial charge on any atom is 0.301 e. The van der Waals surface area contributed by atoms with Gasteiger partial charge >= 0.3 is 5.91 Å². The number of aromatic nitrogens is 1. The minimum absolute atomic E-state index is 0.100. The van der Waals surface area contributed by atoms with Gasteiger partial charge in [0.25, 0.3) is 5.78 Å². The zero-order chi connectivity index (χ0) is 26.3. The number of aliphatic hydroxyl groups excluding tert-OH is 1. The van der Waals surface area contributed by atoms with Crippen LogP contribution in [0.15, 0.2) is 66.2 Å². The van der Waals surface area contributed by atoms with Crippen molar-refractivity contribution >= 4 is 44.1 Å². The number of aliphatic hydroxyl groups is 1. The lowest BCUT2D eigenvalue weighted by atomic mass is 9.94. The second kappa shape index (κ2) is 9.59. The quantitative estimate of drug-likeness (QED) is 0.212. The number of hydrogen-bond acceptors (Lipinski definition) is 8. The Morgan fingerprint density at radius 2 is 1.65 bits per heavy atom. The van der Waals surface area contributed by atoms with Gasteiger partial charge in [0.15, 0.2) is 5.13 Å². The third-order valence-corrected chi connectivity index (χ3v) is 7.27. The van der Waals surface area contributed by atoms with Crippen molar-refractivity contribution < 1.29 is 28.9 Å². The van der Waals surface area contributed by atoms with Gasteiger partial charge in [-0.3, -0.25) is 14.5 Å². The van der Waals surface area contributed by atoms with Crippen molar-refractivity contribution in [2.45, 2.75) is 13.0 Å². The van der Waals surface area contributed by atoms with Gasteiger partial charge in [0.1, 0.15) is 28.6 Å². The van der Waals surface area contributed by atoms with Crippen LogP contribution >= 0.6 is 11.3 Å². The van der Waals surface area contributed by atoms with E-state index < -0.39 is 23.5 Å². The third-order valence-electron chi connectivity index (χ3n) is 6.26. The minimum atomic E-state index is -0.966. The van der Waals surface area contributed by atoms with Crippen LogP contribution in [-0.2, 0) is 9.59 Å². The number of nitrogens with zero attached hydrogens (tertiary/aromatic N) is 2. The first-order valence-electron chi connectivity index (χ1n) is 11.4. The molecule has 1 aliphatic heterocycles. The van der Waals surface area contributed by atoms with Crippen molar-refractivity contribution in [2.75, 3.05) is 26.2 Å². The molecule has 8 nitrogen and oxygen atoms in total. The Labute approximate surface area is 217 Å². The van der Waals surface area contributed by atoms with E-state index in [0.717, 1.165) is 10.3 Å². The van der Waals surface area contributed by atoms with Crippen molar-refractivity contribution in [3.63, 3.8) is 0 Å². The summed E-state index contributed by atoms with van der Waals surface area (Å²) in [6.45, 7) is 1.97.